The first-order valence-corrected chi connectivity index (χ1v) is 10.4. The van der Waals surface area contributed by atoms with Crippen molar-refractivity contribution in [2.24, 2.45) is 0 Å². The van der Waals surface area contributed by atoms with Crippen LogP contribution in [0, 0.1) is 0 Å². The predicted molar refractivity (Wildman–Crippen MR) is 109 cm³/mol. The maximum absolute atomic E-state index is 11.9. The highest BCUT2D eigenvalue weighted by atomic mass is 16.3. The van der Waals surface area contributed by atoms with Crippen molar-refractivity contribution < 1.29 is 9.90 Å². The summed E-state index contributed by atoms with van der Waals surface area (Å²) in [4.78, 5) is 11.9. The number of carbonyl (C=O) groups excluding carboxylic acids is 1. The standard InChI is InChI=1S/C22H38N2O2/c1-3-4-5-6-7-8-9-10-11-15-18-23-22(26)24-19(2)21(25)20-16-13-12-14-17-20/h12-14,16-17,19,21,25H,3-11,15,18H2,1-2H3,(H2,23,24,26)/t19-,21-/m0/s1. The maximum Gasteiger partial charge on any atom is 0.315 e. The number of amides is 2. The Bertz CT molecular complexity index is 464. The Morgan fingerprint density at radius 3 is 2.04 bits per heavy atom. The van der Waals surface area contributed by atoms with Crippen LogP contribution in [0.3, 0.4) is 0 Å². The minimum Gasteiger partial charge on any atom is -0.386 e. The van der Waals surface area contributed by atoms with E-state index in [9.17, 15) is 9.90 Å². The summed E-state index contributed by atoms with van der Waals surface area (Å²) >= 11 is 0. The van der Waals surface area contributed by atoms with Crippen molar-refractivity contribution in [1.29, 1.82) is 0 Å². The molecule has 4 heteroatoms. The van der Waals surface area contributed by atoms with Gasteiger partial charge in [-0.1, -0.05) is 95.0 Å². The predicted octanol–water partition coefficient (Wildman–Crippen LogP) is 5.33. The molecule has 0 fully saturated rings. The Morgan fingerprint density at radius 2 is 1.46 bits per heavy atom. The van der Waals surface area contributed by atoms with E-state index in [1.54, 1.807) is 0 Å². The molecule has 4 nitrogen and oxygen atoms in total. The molecule has 1 aromatic carbocycles. The van der Waals surface area contributed by atoms with Gasteiger partial charge in [0, 0.05) is 6.54 Å². The van der Waals surface area contributed by atoms with Crippen LogP contribution in [0.15, 0.2) is 30.3 Å². The van der Waals surface area contributed by atoms with Crippen LogP contribution >= 0.6 is 0 Å². The van der Waals surface area contributed by atoms with E-state index in [0.717, 1.165) is 18.4 Å². The average Bonchev–Trinajstić information content (AvgIpc) is 2.66. The Morgan fingerprint density at radius 1 is 0.923 bits per heavy atom. The van der Waals surface area contributed by atoms with Crippen molar-refractivity contribution in [3.05, 3.63) is 35.9 Å². The van der Waals surface area contributed by atoms with Crippen LogP contribution in [0.4, 0.5) is 4.79 Å². The first-order chi connectivity index (χ1) is 12.6. The third-order valence-electron chi connectivity index (χ3n) is 4.79. The molecule has 1 aromatic rings. The van der Waals surface area contributed by atoms with Crippen molar-refractivity contribution in [3.63, 3.8) is 0 Å². The lowest BCUT2D eigenvalue weighted by Crippen LogP contribution is -2.43. The van der Waals surface area contributed by atoms with Crippen LogP contribution < -0.4 is 10.6 Å². The molecule has 0 aliphatic rings. The zero-order valence-electron chi connectivity index (χ0n) is 16.7. The third-order valence-corrected chi connectivity index (χ3v) is 4.79. The molecule has 0 spiro atoms. The summed E-state index contributed by atoms with van der Waals surface area (Å²) in [5.41, 5.74) is 0.815. The number of urea groups is 1. The van der Waals surface area contributed by atoms with E-state index >= 15 is 0 Å². The first kappa shape index (κ1) is 22.5. The summed E-state index contributed by atoms with van der Waals surface area (Å²) < 4.78 is 0. The Balaban J connectivity index is 2.00. The summed E-state index contributed by atoms with van der Waals surface area (Å²) in [7, 11) is 0. The van der Waals surface area contributed by atoms with Gasteiger partial charge < -0.3 is 15.7 Å². The minimum atomic E-state index is -0.695. The Kier molecular flexibility index (Phi) is 12.6. The van der Waals surface area contributed by atoms with Crippen molar-refractivity contribution in [1.82, 2.24) is 10.6 Å². The Hall–Kier alpha value is -1.55. The van der Waals surface area contributed by atoms with Gasteiger partial charge in [0.15, 0.2) is 0 Å². The van der Waals surface area contributed by atoms with Crippen LogP contribution in [0.25, 0.3) is 0 Å². The van der Waals surface area contributed by atoms with Crippen LogP contribution in [0.5, 0.6) is 0 Å². The molecule has 0 unspecified atom stereocenters. The van der Waals surface area contributed by atoms with Crippen LogP contribution in [-0.2, 0) is 0 Å². The number of carbonyl (C=O) groups is 1. The van der Waals surface area contributed by atoms with E-state index in [4.69, 9.17) is 0 Å². The Labute approximate surface area is 159 Å². The van der Waals surface area contributed by atoms with Crippen LogP contribution in [0.1, 0.15) is 89.7 Å². The van der Waals surface area contributed by atoms with Crippen molar-refractivity contribution in [2.75, 3.05) is 6.54 Å². The second-order valence-corrected chi connectivity index (χ2v) is 7.23. The van der Waals surface area contributed by atoms with Crippen molar-refractivity contribution in [3.8, 4) is 0 Å². The van der Waals surface area contributed by atoms with Gasteiger partial charge in [-0.15, -0.1) is 0 Å². The SMILES string of the molecule is CCCCCCCCCCCCNC(=O)N[C@@H](C)[C@H](O)c1ccccc1. The molecule has 3 N–H and O–H groups in total. The molecular weight excluding hydrogens is 324 g/mol. The topological polar surface area (TPSA) is 61.4 Å². The number of nitrogens with one attached hydrogen (secondary N) is 2. The zero-order chi connectivity index (χ0) is 19.0. The lowest BCUT2D eigenvalue weighted by atomic mass is 10.0. The number of rotatable bonds is 14. The van der Waals surface area contributed by atoms with Crippen LogP contribution in [-0.4, -0.2) is 23.7 Å². The monoisotopic (exact) mass is 362 g/mol. The second kappa shape index (κ2) is 14.6. The highest BCUT2D eigenvalue weighted by Crippen LogP contribution is 2.15. The molecule has 0 aliphatic heterocycles. The molecule has 2 amide bonds. The molecule has 0 radical (unpaired) electrons. The number of aliphatic hydroxyl groups is 1. The molecule has 0 saturated heterocycles. The molecule has 0 bridgehead atoms. The van der Waals surface area contributed by atoms with Crippen molar-refractivity contribution >= 4 is 6.03 Å². The van der Waals surface area contributed by atoms with Gasteiger partial charge in [-0.2, -0.15) is 0 Å². The lowest BCUT2D eigenvalue weighted by Gasteiger charge is -2.20. The van der Waals surface area contributed by atoms with Gasteiger partial charge >= 0.3 is 6.03 Å². The molecular formula is C22H38N2O2. The normalized spacial score (nSPS) is 13.2. The summed E-state index contributed by atoms with van der Waals surface area (Å²) in [6.07, 6.45) is 12.2. The summed E-state index contributed by atoms with van der Waals surface area (Å²) in [6.45, 7) is 4.76. The number of hydrogen-bond acceptors (Lipinski definition) is 2. The largest absolute Gasteiger partial charge is 0.386 e. The summed E-state index contributed by atoms with van der Waals surface area (Å²) in [6, 6.07) is 8.88. The number of unbranched alkanes of at least 4 members (excludes halogenated alkanes) is 9. The highest BCUT2D eigenvalue weighted by Gasteiger charge is 2.17. The van der Waals surface area contributed by atoms with Gasteiger partial charge in [-0.25, -0.2) is 4.79 Å². The zero-order valence-corrected chi connectivity index (χ0v) is 16.7. The summed E-state index contributed by atoms with van der Waals surface area (Å²) in [5.74, 6) is 0. The molecule has 0 saturated carbocycles. The molecule has 26 heavy (non-hydrogen) atoms. The fourth-order valence-electron chi connectivity index (χ4n) is 3.09. The van der Waals surface area contributed by atoms with Gasteiger partial charge in [0.25, 0.3) is 0 Å². The van der Waals surface area contributed by atoms with E-state index in [1.807, 2.05) is 37.3 Å². The van der Waals surface area contributed by atoms with E-state index < -0.39 is 6.10 Å². The molecule has 2 atom stereocenters. The van der Waals surface area contributed by atoms with E-state index in [2.05, 4.69) is 17.6 Å². The number of hydrogen-bond donors (Lipinski definition) is 3. The van der Waals surface area contributed by atoms with Gasteiger partial charge in [0.1, 0.15) is 0 Å². The van der Waals surface area contributed by atoms with Gasteiger partial charge in [-0.05, 0) is 18.9 Å². The fourth-order valence-corrected chi connectivity index (χ4v) is 3.09. The van der Waals surface area contributed by atoms with Crippen LogP contribution in [0.2, 0.25) is 0 Å². The molecule has 0 aromatic heterocycles. The van der Waals surface area contributed by atoms with Gasteiger partial charge in [0.2, 0.25) is 0 Å². The van der Waals surface area contributed by atoms with E-state index in [0.29, 0.717) is 6.54 Å². The molecule has 0 heterocycles. The maximum atomic E-state index is 11.9. The van der Waals surface area contributed by atoms with Crippen molar-refractivity contribution in [2.45, 2.75) is 90.2 Å². The molecule has 148 valence electrons. The average molecular weight is 363 g/mol. The fraction of sp³-hybridized carbons (Fsp3) is 0.682. The second-order valence-electron chi connectivity index (χ2n) is 7.23. The van der Waals surface area contributed by atoms with Gasteiger partial charge in [-0.3, -0.25) is 0 Å². The minimum absolute atomic E-state index is 0.205. The molecule has 1 rings (SSSR count). The number of aliphatic hydroxyl groups excluding tert-OH is 1. The first-order valence-electron chi connectivity index (χ1n) is 10.4. The highest BCUT2D eigenvalue weighted by molar-refractivity contribution is 5.74. The quantitative estimate of drug-likeness (QED) is 0.392. The number of benzene rings is 1. The van der Waals surface area contributed by atoms with E-state index in [-0.39, 0.29) is 12.1 Å². The summed E-state index contributed by atoms with van der Waals surface area (Å²) in [5, 5.41) is 16.0. The van der Waals surface area contributed by atoms with E-state index in [1.165, 1.54) is 51.4 Å². The smallest absolute Gasteiger partial charge is 0.315 e. The van der Waals surface area contributed by atoms with Gasteiger partial charge in [0.05, 0.1) is 12.1 Å². The third kappa shape index (κ3) is 10.4. The lowest BCUT2D eigenvalue weighted by molar-refractivity contribution is 0.137. The molecule has 0 aliphatic carbocycles.